The molecule has 2 aliphatic rings. The van der Waals surface area contributed by atoms with Gasteiger partial charge in [0, 0.05) is 55.6 Å². The molecule has 0 bridgehead atoms. The molecule has 1 aromatic heterocycles. The van der Waals surface area contributed by atoms with Gasteiger partial charge in [-0.3, -0.25) is 4.79 Å². The first-order chi connectivity index (χ1) is 12.3. The van der Waals surface area contributed by atoms with E-state index >= 15 is 0 Å². The second-order valence-corrected chi connectivity index (χ2v) is 6.94. The average molecular weight is 339 g/mol. The minimum absolute atomic E-state index is 0.249. The molecular weight excluding hydrogens is 314 g/mol. The van der Waals surface area contributed by atoms with Crippen LogP contribution in [0.3, 0.4) is 0 Å². The van der Waals surface area contributed by atoms with Gasteiger partial charge in [0.15, 0.2) is 0 Å². The van der Waals surface area contributed by atoms with Crippen LogP contribution in [0.5, 0.6) is 0 Å². The number of nitrogens with zero attached hydrogens (tertiary/aromatic N) is 2. The number of furan rings is 1. The van der Waals surface area contributed by atoms with Gasteiger partial charge < -0.3 is 19.5 Å². The van der Waals surface area contributed by atoms with Crippen molar-refractivity contribution in [3.63, 3.8) is 0 Å². The van der Waals surface area contributed by atoms with Crippen molar-refractivity contribution in [1.82, 2.24) is 5.32 Å². The molecule has 0 unspecified atom stereocenters. The van der Waals surface area contributed by atoms with Crippen LogP contribution in [0.25, 0.3) is 0 Å². The molecular formula is C20H25N3O2. The molecule has 5 heteroatoms. The van der Waals surface area contributed by atoms with E-state index in [2.05, 4.69) is 28.4 Å². The molecule has 2 aromatic rings. The first-order valence-electron chi connectivity index (χ1n) is 9.19. The van der Waals surface area contributed by atoms with Gasteiger partial charge in [-0.1, -0.05) is 6.07 Å². The Bertz CT molecular complexity index is 705. The summed E-state index contributed by atoms with van der Waals surface area (Å²) in [6.45, 7) is 3.80. The summed E-state index contributed by atoms with van der Waals surface area (Å²) in [7, 11) is 0. The zero-order valence-corrected chi connectivity index (χ0v) is 14.5. The molecule has 4 rings (SSSR count). The topological polar surface area (TPSA) is 48.7 Å². The van der Waals surface area contributed by atoms with Crippen molar-refractivity contribution < 1.29 is 9.21 Å². The van der Waals surface area contributed by atoms with E-state index in [-0.39, 0.29) is 5.91 Å². The quantitative estimate of drug-likeness (QED) is 0.909. The Labute approximate surface area is 148 Å². The van der Waals surface area contributed by atoms with Gasteiger partial charge in [0.05, 0.1) is 12.5 Å². The Morgan fingerprint density at radius 2 is 1.96 bits per heavy atom. The Balaban J connectivity index is 1.33. The Morgan fingerprint density at radius 3 is 2.68 bits per heavy atom. The maximum absolute atomic E-state index is 12.0. The molecule has 5 nitrogen and oxygen atoms in total. The highest BCUT2D eigenvalue weighted by atomic mass is 16.3. The van der Waals surface area contributed by atoms with E-state index in [0.29, 0.717) is 12.5 Å². The summed E-state index contributed by atoms with van der Waals surface area (Å²) in [5.41, 5.74) is 3.47. The minimum Gasteiger partial charge on any atom is -0.472 e. The summed E-state index contributed by atoms with van der Waals surface area (Å²) in [5.74, 6) is 0.249. The predicted molar refractivity (Wildman–Crippen MR) is 98.8 cm³/mol. The van der Waals surface area contributed by atoms with Crippen molar-refractivity contribution >= 4 is 17.3 Å². The molecule has 0 saturated carbocycles. The van der Waals surface area contributed by atoms with E-state index in [1.165, 1.54) is 11.3 Å². The maximum Gasteiger partial charge on any atom is 0.227 e. The third kappa shape index (κ3) is 3.71. The number of piperidine rings is 1. The summed E-state index contributed by atoms with van der Waals surface area (Å²) in [4.78, 5) is 16.3. The van der Waals surface area contributed by atoms with Crippen LogP contribution >= 0.6 is 0 Å². The first-order valence-corrected chi connectivity index (χ1v) is 9.19. The number of nitrogens with one attached hydrogen (secondary N) is 1. The summed E-state index contributed by atoms with van der Waals surface area (Å²) in [5, 5.41) is 3.62. The molecule has 2 saturated heterocycles. The SMILES string of the molecule is O=C1CCCN1c1cccc(N2CCC(NCc3ccoc3)CC2)c1. The predicted octanol–water partition coefficient (Wildman–Crippen LogP) is 3.17. The van der Waals surface area contributed by atoms with Crippen molar-refractivity contribution in [2.24, 2.45) is 0 Å². The molecule has 1 N–H and O–H groups in total. The second kappa shape index (κ2) is 7.31. The van der Waals surface area contributed by atoms with Gasteiger partial charge in [-0.25, -0.2) is 0 Å². The summed E-state index contributed by atoms with van der Waals surface area (Å²) in [6.07, 6.45) is 7.43. The highest BCUT2D eigenvalue weighted by Gasteiger charge is 2.23. The second-order valence-electron chi connectivity index (χ2n) is 6.94. The smallest absolute Gasteiger partial charge is 0.227 e. The monoisotopic (exact) mass is 339 g/mol. The fraction of sp³-hybridized carbons (Fsp3) is 0.450. The Hall–Kier alpha value is -2.27. The molecule has 1 amide bonds. The minimum atomic E-state index is 0.249. The summed E-state index contributed by atoms with van der Waals surface area (Å²) >= 11 is 0. The number of hydrogen-bond donors (Lipinski definition) is 1. The molecule has 2 fully saturated rings. The number of hydrogen-bond acceptors (Lipinski definition) is 4. The standard InChI is InChI=1S/C20H25N3O2/c24-20-5-2-9-23(20)19-4-1-3-18(13-19)22-10-6-17(7-11-22)21-14-16-8-12-25-15-16/h1,3-4,8,12-13,15,17,21H,2,5-7,9-11,14H2. The van der Waals surface area contributed by atoms with Crippen LogP contribution in [-0.4, -0.2) is 31.6 Å². The molecule has 1 aromatic carbocycles. The van der Waals surface area contributed by atoms with Crippen LogP contribution in [0.4, 0.5) is 11.4 Å². The largest absolute Gasteiger partial charge is 0.472 e. The Kier molecular flexibility index (Phi) is 4.74. The van der Waals surface area contributed by atoms with Crippen LogP contribution in [0, 0.1) is 0 Å². The molecule has 0 radical (unpaired) electrons. The zero-order valence-electron chi connectivity index (χ0n) is 14.5. The van der Waals surface area contributed by atoms with Crippen LogP contribution < -0.4 is 15.1 Å². The van der Waals surface area contributed by atoms with Gasteiger partial charge >= 0.3 is 0 Å². The van der Waals surface area contributed by atoms with Crippen molar-refractivity contribution in [3.8, 4) is 0 Å². The maximum atomic E-state index is 12.0. The van der Waals surface area contributed by atoms with Crippen molar-refractivity contribution in [1.29, 1.82) is 0 Å². The highest BCUT2D eigenvalue weighted by molar-refractivity contribution is 5.95. The number of amides is 1. The van der Waals surface area contributed by atoms with Crippen molar-refractivity contribution in [3.05, 3.63) is 48.4 Å². The first kappa shape index (κ1) is 16.2. The number of carbonyl (C=O) groups excluding carboxylic acids is 1. The van der Waals surface area contributed by atoms with E-state index in [0.717, 1.165) is 51.1 Å². The fourth-order valence-electron chi connectivity index (χ4n) is 3.78. The van der Waals surface area contributed by atoms with Gasteiger partial charge in [0.25, 0.3) is 0 Å². The molecule has 25 heavy (non-hydrogen) atoms. The number of benzene rings is 1. The van der Waals surface area contributed by atoms with E-state index in [1.54, 1.807) is 12.5 Å². The van der Waals surface area contributed by atoms with Gasteiger partial charge in [0.2, 0.25) is 5.91 Å². The molecule has 0 aliphatic carbocycles. The molecule has 132 valence electrons. The molecule has 2 aliphatic heterocycles. The van der Waals surface area contributed by atoms with Gasteiger partial charge in [-0.2, -0.15) is 0 Å². The zero-order chi connectivity index (χ0) is 17.1. The number of rotatable bonds is 5. The van der Waals surface area contributed by atoms with E-state index in [9.17, 15) is 4.79 Å². The fourth-order valence-corrected chi connectivity index (χ4v) is 3.78. The van der Waals surface area contributed by atoms with Crippen LogP contribution in [-0.2, 0) is 11.3 Å². The number of anilines is 2. The van der Waals surface area contributed by atoms with Gasteiger partial charge in [-0.05, 0) is 43.5 Å². The normalized spacial score (nSPS) is 19.0. The lowest BCUT2D eigenvalue weighted by Crippen LogP contribution is -2.42. The summed E-state index contributed by atoms with van der Waals surface area (Å²) < 4.78 is 5.11. The average Bonchev–Trinajstić information content (AvgIpc) is 3.32. The summed E-state index contributed by atoms with van der Waals surface area (Å²) in [6, 6.07) is 11.0. The van der Waals surface area contributed by atoms with Crippen molar-refractivity contribution in [2.75, 3.05) is 29.4 Å². The lowest BCUT2D eigenvalue weighted by Gasteiger charge is -2.34. The molecule has 0 spiro atoms. The lowest BCUT2D eigenvalue weighted by atomic mass is 10.0. The molecule has 0 atom stereocenters. The third-order valence-corrected chi connectivity index (χ3v) is 5.25. The van der Waals surface area contributed by atoms with E-state index in [4.69, 9.17) is 4.42 Å². The third-order valence-electron chi connectivity index (χ3n) is 5.25. The Morgan fingerprint density at radius 1 is 1.12 bits per heavy atom. The van der Waals surface area contributed by atoms with Gasteiger partial charge in [-0.15, -0.1) is 0 Å². The van der Waals surface area contributed by atoms with Crippen LogP contribution in [0.2, 0.25) is 0 Å². The number of carbonyl (C=O) groups is 1. The van der Waals surface area contributed by atoms with Gasteiger partial charge in [0.1, 0.15) is 0 Å². The van der Waals surface area contributed by atoms with Crippen LogP contribution in [0.15, 0.2) is 47.3 Å². The van der Waals surface area contributed by atoms with E-state index < -0.39 is 0 Å². The lowest BCUT2D eigenvalue weighted by molar-refractivity contribution is -0.117. The van der Waals surface area contributed by atoms with Crippen molar-refractivity contribution in [2.45, 2.75) is 38.3 Å². The van der Waals surface area contributed by atoms with Crippen LogP contribution in [0.1, 0.15) is 31.2 Å². The highest BCUT2D eigenvalue weighted by Crippen LogP contribution is 2.27. The molecule has 3 heterocycles. The van der Waals surface area contributed by atoms with E-state index in [1.807, 2.05) is 17.0 Å².